The fraction of sp³-hybridized carbons (Fsp3) is 0.375. The zero-order chi connectivity index (χ0) is 21.9. The van der Waals surface area contributed by atoms with Crippen LogP contribution in [0.15, 0.2) is 59.2 Å². The Labute approximate surface area is 186 Å². The van der Waals surface area contributed by atoms with Gasteiger partial charge in [0.15, 0.2) is 11.6 Å². The number of piperidine rings is 1. The molecule has 166 valence electrons. The third kappa shape index (κ3) is 4.30. The van der Waals surface area contributed by atoms with Crippen LogP contribution in [-0.4, -0.2) is 60.3 Å². The molecular weight excluding hydrogens is 409 g/mol. The van der Waals surface area contributed by atoms with E-state index in [1.807, 2.05) is 29.2 Å². The van der Waals surface area contributed by atoms with Gasteiger partial charge in [0.05, 0.1) is 6.26 Å². The largest absolute Gasteiger partial charge is 0.463 e. The van der Waals surface area contributed by atoms with Crippen LogP contribution >= 0.6 is 0 Å². The molecule has 1 amide bonds. The normalized spacial score (nSPS) is 17.6. The molecule has 0 aliphatic carbocycles. The van der Waals surface area contributed by atoms with Gasteiger partial charge in [-0.1, -0.05) is 0 Å². The summed E-state index contributed by atoms with van der Waals surface area (Å²) in [6.07, 6.45) is 3.26. The minimum Gasteiger partial charge on any atom is -0.463 e. The van der Waals surface area contributed by atoms with Crippen LogP contribution in [-0.2, 0) is 4.79 Å². The summed E-state index contributed by atoms with van der Waals surface area (Å²) in [7, 11) is 0. The number of aromatic nitrogens is 2. The monoisotopic (exact) mass is 435 g/mol. The molecule has 0 unspecified atom stereocenters. The van der Waals surface area contributed by atoms with E-state index in [4.69, 9.17) is 4.42 Å². The third-order valence-electron chi connectivity index (χ3n) is 6.38. The first-order valence-corrected chi connectivity index (χ1v) is 11.1. The van der Waals surface area contributed by atoms with Gasteiger partial charge in [0.1, 0.15) is 11.5 Å². The maximum atomic E-state index is 13.2. The molecule has 8 heteroatoms. The molecule has 0 saturated carbocycles. The first-order chi connectivity index (χ1) is 15.7. The number of carbonyl (C=O) groups excluding carboxylic acids is 1. The number of amides is 1. The van der Waals surface area contributed by atoms with E-state index in [9.17, 15) is 9.18 Å². The smallest absolute Gasteiger partial charge is 0.225 e. The molecule has 4 heterocycles. The van der Waals surface area contributed by atoms with Gasteiger partial charge in [-0.2, -0.15) is 0 Å². The van der Waals surface area contributed by atoms with Crippen LogP contribution in [0.1, 0.15) is 12.8 Å². The van der Waals surface area contributed by atoms with Gasteiger partial charge in [0.2, 0.25) is 5.91 Å². The van der Waals surface area contributed by atoms with Crippen molar-refractivity contribution in [3.63, 3.8) is 0 Å². The van der Waals surface area contributed by atoms with Crippen molar-refractivity contribution in [3.8, 4) is 11.5 Å². The molecule has 2 fully saturated rings. The van der Waals surface area contributed by atoms with Gasteiger partial charge < -0.3 is 19.1 Å². The van der Waals surface area contributed by atoms with Gasteiger partial charge in [-0.15, -0.1) is 10.2 Å². The molecule has 0 bridgehead atoms. The number of anilines is 2. The lowest BCUT2D eigenvalue weighted by Crippen LogP contribution is -2.51. The fourth-order valence-electron chi connectivity index (χ4n) is 4.50. The van der Waals surface area contributed by atoms with E-state index in [2.05, 4.69) is 20.0 Å². The summed E-state index contributed by atoms with van der Waals surface area (Å²) < 4.78 is 18.5. The number of piperazine rings is 1. The second-order valence-corrected chi connectivity index (χ2v) is 8.30. The van der Waals surface area contributed by atoms with Crippen LogP contribution in [0.3, 0.4) is 0 Å². The predicted octanol–water partition coefficient (Wildman–Crippen LogP) is 3.44. The Morgan fingerprint density at radius 1 is 0.875 bits per heavy atom. The third-order valence-corrected chi connectivity index (χ3v) is 6.38. The highest BCUT2D eigenvalue weighted by atomic mass is 19.1. The molecule has 3 aromatic rings. The Bertz CT molecular complexity index is 1020. The van der Waals surface area contributed by atoms with Crippen LogP contribution in [0.25, 0.3) is 11.5 Å². The summed E-state index contributed by atoms with van der Waals surface area (Å²) in [5.41, 5.74) is 1.72. The van der Waals surface area contributed by atoms with E-state index in [-0.39, 0.29) is 17.6 Å². The zero-order valence-electron chi connectivity index (χ0n) is 17.9. The van der Waals surface area contributed by atoms with Crippen LogP contribution in [0, 0.1) is 11.7 Å². The van der Waals surface area contributed by atoms with Gasteiger partial charge in [-0.05, 0) is 61.4 Å². The van der Waals surface area contributed by atoms with Gasteiger partial charge in [0, 0.05) is 50.9 Å². The molecule has 0 spiro atoms. The first-order valence-electron chi connectivity index (χ1n) is 11.1. The van der Waals surface area contributed by atoms with Crippen molar-refractivity contribution in [2.24, 2.45) is 5.92 Å². The van der Waals surface area contributed by atoms with E-state index in [1.165, 1.54) is 12.1 Å². The molecule has 2 aliphatic heterocycles. The van der Waals surface area contributed by atoms with Crippen molar-refractivity contribution in [3.05, 3.63) is 60.6 Å². The number of hydrogen-bond acceptors (Lipinski definition) is 6. The Morgan fingerprint density at radius 3 is 2.25 bits per heavy atom. The average molecular weight is 436 g/mol. The Morgan fingerprint density at radius 2 is 1.62 bits per heavy atom. The molecule has 0 atom stereocenters. The lowest BCUT2D eigenvalue weighted by Gasteiger charge is -2.39. The van der Waals surface area contributed by atoms with Gasteiger partial charge in [-0.3, -0.25) is 4.79 Å². The quantitative estimate of drug-likeness (QED) is 0.626. The second kappa shape index (κ2) is 8.98. The molecular formula is C24H26FN5O2. The molecule has 2 aromatic heterocycles. The molecule has 1 aromatic carbocycles. The summed E-state index contributed by atoms with van der Waals surface area (Å²) in [4.78, 5) is 19.4. The highest BCUT2D eigenvalue weighted by Crippen LogP contribution is 2.26. The average Bonchev–Trinajstić information content (AvgIpc) is 3.40. The van der Waals surface area contributed by atoms with Crippen molar-refractivity contribution in [1.82, 2.24) is 15.1 Å². The minimum atomic E-state index is -0.228. The van der Waals surface area contributed by atoms with Crippen molar-refractivity contribution in [2.75, 3.05) is 49.1 Å². The molecule has 7 nitrogen and oxygen atoms in total. The number of halogens is 1. The first kappa shape index (κ1) is 20.5. The number of nitrogens with zero attached hydrogens (tertiary/aromatic N) is 5. The number of benzene rings is 1. The molecule has 2 saturated heterocycles. The molecule has 32 heavy (non-hydrogen) atoms. The van der Waals surface area contributed by atoms with Crippen LogP contribution in [0.4, 0.5) is 15.9 Å². The number of hydrogen-bond donors (Lipinski definition) is 0. The maximum absolute atomic E-state index is 13.2. The summed E-state index contributed by atoms with van der Waals surface area (Å²) in [5.74, 6) is 1.61. The van der Waals surface area contributed by atoms with Crippen LogP contribution in [0.2, 0.25) is 0 Å². The topological polar surface area (TPSA) is 65.7 Å². The number of carbonyl (C=O) groups is 1. The maximum Gasteiger partial charge on any atom is 0.225 e. The minimum absolute atomic E-state index is 0.0546. The van der Waals surface area contributed by atoms with Crippen molar-refractivity contribution < 1.29 is 13.6 Å². The van der Waals surface area contributed by atoms with Crippen molar-refractivity contribution in [1.29, 1.82) is 0 Å². The number of furan rings is 1. The molecule has 2 aliphatic rings. The van der Waals surface area contributed by atoms with E-state index in [1.54, 1.807) is 18.4 Å². The Kier molecular flexibility index (Phi) is 5.75. The summed E-state index contributed by atoms with van der Waals surface area (Å²) in [5, 5.41) is 8.63. The van der Waals surface area contributed by atoms with E-state index in [0.29, 0.717) is 24.5 Å². The van der Waals surface area contributed by atoms with E-state index >= 15 is 0 Å². The summed E-state index contributed by atoms with van der Waals surface area (Å²) >= 11 is 0. The summed E-state index contributed by atoms with van der Waals surface area (Å²) in [6.45, 7) is 4.54. The second-order valence-electron chi connectivity index (χ2n) is 8.30. The SMILES string of the molecule is O=C(C1CCN(c2ccc(-c3ccco3)nn2)CC1)N1CCN(c2ccc(F)cc2)CC1. The highest BCUT2D eigenvalue weighted by Gasteiger charge is 2.31. The fourth-order valence-corrected chi connectivity index (χ4v) is 4.50. The number of rotatable bonds is 4. The Hall–Kier alpha value is -3.42. The van der Waals surface area contributed by atoms with E-state index in [0.717, 1.165) is 50.5 Å². The van der Waals surface area contributed by atoms with Crippen molar-refractivity contribution >= 4 is 17.4 Å². The van der Waals surface area contributed by atoms with Crippen LogP contribution < -0.4 is 9.80 Å². The lowest BCUT2D eigenvalue weighted by atomic mass is 9.95. The molecule has 0 N–H and O–H groups in total. The Balaban J connectivity index is 1.12. The lowest BCUT2D eigenvalue weighted by molar-refractivity contribution is -0.136. The van der Waals surface area contributed by atoms with Gasteiger partial charge >= 0.3 is 0 Å². The molecule has 0 radical (unpaired) electrons. The zero-order valence-corrected chi connectivity index (χ0v) is 17.9. The van der Waals surface area contributed by atoms with Gasteiger partial charge in [-0.25, -0.2) is 4.39 Å². The van der Waals surface area contributed by atoms with Crippen LogP contribution in [0.5, 0.6) is 0 Å². The van der Waals surface area contributed by atoms with Gasteiger partial charge in [0.25, 0.3) is 0 Å². The standard InChI is InChI=1S/C24H26FN5O2/c25-19-3-5-20(6-4-19)28-13-15-30(16-14-28)24(31)18-9-11-29(12-10-18)23-8-7-21(26-27-23)22-2-1-17-32-22/h1-8,17-18H,9-16H2. The van der Waals surface area contributed by atoms with E-state index < -0.39 is 0 Å². The summed E-state index contributed by atoms with van der Waals surface area (Å²) in [6, 6.07) is 14.1. The van der Waals surface area contributed by atoms with Crippen molar-refractivity contribution in [2.45, 2.75) is 12.8 Å². The molecule has 5 rings (SSSR count). The predicted molar refractivity (Wildman–Crippen MR) is 120 cm³/mol. The highest BCUT2D eigenvalue weighted by molar-refractivity contribution is 5.79.